The van der Waals surface area contributed by atoms with Crippen LogP contribution in [0.5, 0.6) is 23.0 Å². The Morgan fingerprint density at radius 1 is 0.183 bits per heavy atom. The molecule has 2 aliphatic heterocycles. The first-order valence-electron chi connectivity index (χ1n) is 38.7. The maximum Gasteiger partial charge on any atom is 0.164 e. The van der Waals surface area contributed by atoms with Crippen LogP contribution < -0.4 is 9.47 Å². The monoisotopic (exact) mass is 1470 g/mol. The summed E-state index contributed by atoms with van der Waals surface area (Å²) in [5.74, 6) is 6.93. The zero-order valence-electron chi connectivity index (χ0n) is 62.2. The summed E-state index contributed by atoms with van der Waals surface area (Å²) in [6, 6.07) is 144. The summed E-state index contributed by atoms with van der Waals surface area (Å²) in [5, 5.41) is 6.91. The Kier molecular flexibility index (Phi) is 16.8. The lowest BCUT2D eigenvalue weighted by atomic mass is 9.62. The largest absolute Gasteiger partial charge is 0.457 e. The first-order valence-corrected chi connectivity index (χ1v) is 38.7. The molecule has 5 heterocycles. The van der Waals surface area contributed by atoms with E-state index >= 15 is 0 Å². The van der Waals surface area contributed by atoms with Crippen LogP contribution in [0.3, 0.4) is 0 Å². The number of rotatable bonds is 12. The zero-order valence-corrected chi connectivity index (χ0v) is 62.2. The van der Waals surface area contributed by atoms with Crippen LogP contribution in [-0.4, -0.2) is 29.9 Å². The van der Waals surface area contributed by atoms with Crippen LogP contribution in [-0.2, 0) is 10.8 Å². The highest BCUT2D eigenvalue weighted by Crippen LogP contribution is 2.60. The van der Waals surface area contributed by atoms with Crippen molar-refractivity contribution in [1.29, 1.82) is 0 Å². The number of benzene rings is 17. The number of aromatic nitrogens is 6. The topological polar surface area (TPSA) is 109 Å². The van der Waals surface area contributed by atoms with Gasteiger partial charge in [-0.1, -0.05) is 364 Å². The average molecular weight is 1470 g/mol. The minimum atomic E-state index is -0.710. The van der Waals surface area contributed by atoms with Gasteiger partial charge in [-0.3, -0.25) is 0 Å². The van der Waals surface area contributed by atoms with Crippen LogP contribution >= 0.6 is 0 Å². The van der Waals surface area contributed by atoms with E-state index in [4.69, 9.17) is 43.8 Å². The molecule has 0 amide bonds. The Hall–Kier alpha value is -15.3. The average Bonchev–Trinajstić information content (AvgIpc) is 0.883. The molecule has 22 rings (SSSR count). The predicted octanol–water partition coefficient (Wildman–Crippen LogP) is 26.3. The molecule has 3 aromatic heterocycles. The van der Waals surface area contributed by atoms with Gasteiger partial charge >= 0.3 is 0 Å². The van der Waals surface area contributed by atoms with Crippen LogP contribution in [0.4, 0.5) is 0 Å². The van der Waals surface area contributed by atoms with E-state index in [-0.39, 0.29) is 0 Å². The highest BCUT2D eigenvalue weighted by Gasteiger charge is 2.48. The van der Waals surface area contributed by atoms with Crippen molar-refractivity contribution in [3.63, 3.8) is 0 Å². The third-order valence-electron chi connectivity index (χ3n) is 22.6. The molecule has 2 aliphatic rings. The number of para-hydroxylation sites is 5. The Bertz CT molecular complexity index is 7040. The van der Waals surface area contributed by atoms with E-state index < -0.39 is 10.8 Å². The minimum absolute atomic E-state index is 0.567. The maximum atomic E-state index is 6.65. The summed E-state index contributed by atoms with van der Waals surface area (Å²) in [6.45, 7) is 0. The van der Waals surface area contributed by atoms with Crippen molar-refractivity contribution in [3.05, 3.63) is 457 Å². The smallest absolute Gasteiger partial charge is 0.164 e. The van der Waals surface area contributed by atoms with Crippen molar-refractivity contribution in [2.75, 3.05) is 0 Å². The van der Waals surface area contributed by atoms with Crippen LogP contribution in [0.1, 0.15) is 44.5 Å². The summed E-state index contributed by atoms with van der Waals surface area (Å²) in [7, 11) is 0. The van der Waals surface area contributed by atoms with Gasteiger partial charge in [0, 0.05) is 66.4 Å². The predicted molar refractivity (Wildman–Crippen MR) is 462 cm³/mol. The molecule has 0 unspecified atom stereocenters. The normalized spacial score (nSPS) is 12.8. The van der Waals surface area contributed by atoms with Crippen LogP contribution in [0.25, 0.3) is 134 Å². The van der Waals surface area contributed by atoms with E-state index in [1.807, 2.05) is 97.1 Å². The fourth-order valence-electron chi connectivity index (χ4n) is 17.5. The molecule has 0 bridgehead atoms. The van der Waals surface area contributed by atoms with E-state index in [2.05, 4.69) is 315 Å². The second-order valence-electron chi connectivity index (χ2n) is 29.0. The number of furan rings is 1. The Balaban J connectivity index is 0.000000144. The van der Waals surface area contributed by atoms with Gasteiger partial charge in [-0.2, -0.15) is 0 Å². The van der Waals surface area contributed by atoms with Gasteiger partial charge in [0.05, 0.1) is 10.8 Å². The summed E-state index contributed by atoms with van der Waals surface area (Å²) < 4.78 is 19.6. The van der Waals surface area contributed by atoms with Gasteiger partial charge in [-0.25, -0.2) is 29.9 Å². The Morgan fingerprint density at radius 3 is 0.965 bits per heavy atom. The van der Waals surface area contributed by atoms with E-state index in [9.17, 15) is 0 Å². The van der Waals surface area contributed by atoms with E-state index in [1.54, 1.807) is 0 Å². The highest BCUT2D eigenvalue weighted by atomic mass is 16.5. The van der Waals surface area contributed by atoms with Gasteiger partial charge in [0.25, 0.3) is 0 Å². The molecule has 0 radical (unpaired) electrons. The second-order valence-corrected chi connectivity index (χ2v) is 29.0. The molecule has 0 saturated carbocycles. The van der Waals surface area contributed by atoms with Crippen LogP contribution in [0.2, 0.25) is 0 Å². The molecule has 0 spiro atoms. The molecule has 540 valence electrons. The fourth-order valence-corrected chi connectivity index (χ4v) is 17.5. The Morgan fingerprint density at radius 2 is 0.496 bits per heavy atom. The summed E-state index contributed by atoms with van der Waals surface area (Å²) in [6.07, 6.45) is 0. The minimum Gasteiger partial charge on any atom is -0.457 e. The third kappa shape index (κ3) is 11.6. The molecule has 20 aromatic rings. The highest BCUT2D eigenvalue weighted by molar-refractivity contribution is 6.09. The molecule has 17 aromatic carbocycles. The molecular formula is C106H68N6O3. The molecule has 0 aliphatic carbocycles. The first-order chi connectivity index (χ1) is 57.0. The Labute approximate surface area is 664 Å². The summed E-state index contributed by atoms with van der Waals surface area (Å²) in [4.78, 5) is 31.2. The van der Waals surface area contributed by atoms with E-state index in [0.717, 1.165) is 150 Å². The number of hydrogen-bond acceptors (Lipinski definition) is 9. The molecule has 0 atom stereocenters. The van der Waals surface area contributed by atoms with Crippen molar-refractivity contribution < 1.29 is 13.9 Å². The van der Waals surface area contributed by atoms with E-state index in [1.165, 1.54) is 16.2 Å². The molecule has 0 fully saturated rings. The van der Waals surface area contributed by atoms with Crippen LogP contribution in [0.15, 0.2) is 417 Å². The molecule has 9 nitrogen and oxygen atoms in total. The number of fused-ring (bicyclic) bond motifs is 10. The molecule has 0 saturated heterocycles. The van der Waals surface area contributed by atoms with Crippen molar-refractivity contribution in [3.8, 4) is 114 Å². The third-order valence-corrected chi connectivity index (χ3v) is 22.6. The van der Waals surface area contributed by atoms with Crippen molar-refractivity contribution in [2.45, 2.75) is 10.8 Å². The van der Waals surface area contributed by atoms with Crippen LogP contribution in [0, 0.1) is 0 Å². The maximum absolute atomic E-state index is 6.65. The lowest BCUT2D eigenvalue weighted by Crippen LogP contribution is -2.34. The van der Waals surface area contributed by atoms with Gasteiger partial charge < -0.3 is 13.9 Å². The lowest BCUT2D eigenvalue weighted by Gasteiger charge is -2.42. The van der Waals surface area contributed by atoms with Gasteiger partial charge in [0.2, 0.25) is 0 Å². The zero-order chi connectivity index (χ0) is 76.2. The van der Waals surface area contributed by atoms with Crippen molar-refractivity contribution in [2.24, 2.45) is 0 Å². The van der Waals surface area contributed by atoms with Gasteiger partial charge in [0.1, 0.15) is 34.2 Å². The van der Waals surface area contributed by atoms with E-state index in [0.29, 0.717) is 34.9 Å². The number of ether oxygens (including phenoxy) is 2. The standard InChI is InChI=1S/C54H35N3O.C52H33N3O2/c1-3-18-37(19-4-1)51-55-52(39-33-34-42-38(35-39)32-31-36-17-7-8-22-41(36)42)57-53(56-51)45-25-10-9-23-43(45)44-24-11-12-26-46(44)54(40-20-5-2-6-21-40)47-27-13-15-29-49(47)58-50-30-16-14-28-48(50)54;1-3-17-34(18-4-1)49-53-50(35-31-32-40-39-23-10-14-28-45(39)56-48(40)33-35)55-51(54-49)41-24-8-7-21-37(41)38-22-9-11-25-42(38)52(36-19-5-2-6-20-36)43-26-12-15-29-46(43)57-47-30-16-13-27-44(47)52/h1-35H;1-33H. The van der Waals surface area contributed by atoms with Gasteiger partial charge in [-0.05, 0) is 115 Å². The quantitative estimate of drug-likeness (QED) is 0.110. The number of hydrogen-bond donors (Lipinski definition) is 0. The fraction of sp³-hybridized carbons (Fsp3) is 0.0189. The molecule has 0 N–H and O–H groups in total. The van der Waals surface area contributed by atoms with Crippen molar-refractivity contribution in [1.82, 2.24) is 29.9 Å². The molecule has 115 heavy (non-hydrogen) atoms. The summed E-state index contributed by atoms with van der Waals surface area (Å²) in [5.41, 5.74) is 18.7. The molecule has 9 heteroatoms. The van der Waals surface area contributed by atoms with Gasteiger partial charge in [0.15, 0.2) is 34.9 Å². The first kappa shape index (κ1) is 67.8. The molecular weight excluding hydrogens is 1410 g/mol. The van der Waals surface area contributed by atoms with Crippen molar-refractivity contribution >= 4 is 43.5 Å². The number of nitrogens with zero attached hydrogens (tertiary/aromatic N) is 6. The van der Waals surface area contributed by atoms with Gasteiger partial charge in [-0.15, -0.1) is 0 Å². The second kappa shape index (κ2) is 28.5. The SMILES string of the molecule is c1ccc(-c2nc(-c3ccc4c(c3)oc3ccccc34)nc(-c3ccccc3-c3ccccc3C3(c4ccccc4)c4ccccc4Oc4ccccc43)n2)cc1.c1ccc(-c2nc(-c3ccc4c(ccc5ccccc54)c3)nc(-c3ccccc3-c3ccccc3C3(c4ccccc4)c4ccccc4Oc4ccccc43)n2)cc1. The summed E-state index contributed by atoms with van der Waals surface area (Å²) >= 11 is 0. The lowest BCUT2D eigenvalue weighted by molar-refractivity contribution is 0.434.